The van der Waals surface area contributed by atoms with Gasteiger partial charge in [0.15, 0.2) is 6.61 Å². The van der Waals surface area contributed by atoms with Gasteiger partial charge in [-0.2, -0.15) is 0 Å². The molecular formula is C24H26N2O8. The Morgan fingerprint density at radius 2 is 1.71 bits per heavy atom. The van der Waals surface area contributed by atoms with Crippen LogP contribution in [0.2, 0.25) is 0 Å². The Labute approximate surface area is 196 Å². The number of Topliss-reactive ketones (excluding diaryl/α,β-unsaturated/α-hetero) is 1. The second-order valence-electron chi connectivity index (χ2n) is 7.71. The third kappa shape index (κ3) is 4.76. The van der Waals surface area contributed by atoms with Crippen LogP contribution in [0, 0.1) is 13.8 Å². The largest absolute Gasteiger partial charge is 0.461 e. The first-order valence-corrected chi connectivity index (χ1v) is 10.8. The van der Waals surface area contributed by atoms with E-state index in [4.69, 9.17) is 14.2 Å². The minimum atomic E-state index is -0.814. The summed E-state index contributed by atoms with van der Waals surface area (Å²) in [5.41, 5.74) is 1.65. The highest BCUT2D eigenvalue weighted by molar-refractivity contribution is 6.22. The van der Waals surface area contributed by atoms with Gasteiger partial charge in [-0.1, -0.05) is 0 Å². The fourth-order valence-corrected chi connectivity index (χ4v) is 3.85. The zero-order chi connectivity index (χ0) is 25.0. The lowest BCUT2D eigenvalue weighted by Crippen LogP contribution is -2.31. The summed E-state index contributed by atoms with van der Waals surface area (Å²) in [5.74, 6) is -2.81. The predicted molar refractivity (Wildman–Crippen MR) is 119 cm³/mol. The van der Waals surface area contributed by atoms with Crippen LogP contribution in [0.4, 0.5) is 0 Å². The van der Waals surface area contributed by atoms with E-state index in [-0.39, 0.29) is 41.1 Å². The van der Waals surface area contributed by atoms with Gasteiger partial charge >= 0.3 is 11.9 Å². The molecule has 0 unspecified atom stereocenters. The number of fused-ring (bicyclic) bond motifs is 1. The van der Waals surface area contributed by atoms with Crippen molar-refractivity contribution >= 4 is 29.5 Å². The molecule has 34 heavy (non-hydrogen) atoms. The summed E-state index contributed by atoms with van der Waals surface area (Å²) < 4.78 is 15.1. The highest BCUT2D eigenvalue weighted by Gasteiger charge is 2.35. The van der Waals surface area contributed by atoms with Crippen molar-refractivity contribution in [2.45, 2.75) is 27.2 Å². The maximum Gasteiger partial charge on any atom is 0.355 e. The number of benzene rings is 1. The summed E-state index contributed by atoms with van der Waals surface area (Å²) in [6.07, 6.45) is 0.495. The lowest BCUT2D eigenvalue weighted by Gasteiger charge is -2.12. The van der Waals surface area contributed by atoms with Gasteiger partial charge in [0.25, 0.3) is 11.8 Å². The summed E-state index contributed by atoms with van der Waals surface area (Å²) in [6.45, 7) is 5.15. The van der Waals surface area contributed by atoms with Gasteiger partial charge < -0.3 is 19.2 Å². The van der Waals surface area contributed by atoms with E-state index in [0.717, 1.165) is 4.90 Å². The summed E-state index contributed by atoms with van der Waals surface area (Å²) in [5, 5.41) is 0. The third-order valence-corrected chi connectivity index (χ3v) is 5.47. The van der Waals surface area contributed by atoms with E-state index < -0.39 is 36.1 Å². The number of imide groups is 1. The lowest BCUT2D eigenvalue weighted by molar-refractivity contribution is 0.0473. The number of nitrogens with one attached hydrogen (secondary N) is 1. The van der Waals surface area contributed by atoms with Crippen LogP contribution in [0.3, 0.4) is 0 Å². The Morgan fingerprint density at radius 3 is 2.38 bits per heavy atom. The maximum atomic E-state index is 12.7. The smallest absolute Gasteiger partial charge is 0.355 e. The Morgan fingerprint density at radius 1 is 1.00 bits per heavy atom. The fourth-order valence-electron chi connectivity index (χ4n) is 3.85. The first-order chi connectivity index (χ1) is 16.2. The number of hydrogen-bond acceptors (Lipinski definition) is 8. The van der Waals surface area contributed by atoms with Gasteiger partial charge in [-0.15, -0.1) is 0 Å². The van der Waals surface area contributed by atoms with E-state index in [0.29, 0.717) is 24.3 Å². The second kappa shape index (κ2) is 10.4. The molecule has 0 fully saturated rings. The van der Waals surface area contributed by atoms with E-state index in [1.165, 1.54) is 25.3 Å². The average Bonchev–Trinajstić information content (AvgIpc) is 3.24. The molecule has 10 heteroatoms. The molecule has 0 atom stereocenters. The average molecular weight is 470 g/mol. The number of aromatic amines is 1. The van der Waals surface area contributed by atoms with E-state index in [9.17, 15) is 24.0 Å². The number of nitrogens with zero attached hydrogens (tertiary/aromatic N) is 1. The number of ether oxygens (including phenoxy) is 3. The molecule has 180 valence electrons. The number of ketones is 1. The van der Waals surface area contributed by atoms with Crippen molar-refractivity contribution in [3.8, 4) is 0 Å². The second-order valence-corrected chi connectivity index (χ2v) is 7.71. The zero-order valence-corrected chi connectivity index (χ0v) is 19.5. The molecule has 1 aromatic heterocycles. The van der Waals surface area contributed by atoms with Crippen molar-refractivity contribution < 1.29 is 38.2 Å². The van der Waals surface area contributed by atoms with Gasteiger partial charge in [0, 0.05) is 31.5 Å². The number of hydrogen-bond donors (Lipinski definition) is 1. The molecule has 2 aromatic rings. The van der Waals surface area contributed by atoms with Crippen molar-refractivity contribution in [1.82, 2.24) is 9.88 Å². The standard InChI is InChI=1S/C24H26N2O8/c1-5-33-24(31)20-13(2)19(14(3)25-20)18(27)12-34-23(30)15-7-8-16-17(11-15)22(29)26(21(16)28)9-6-10-32-4/h7-8,11,25H,5-6,9-10,12H2,1-4H3. The summed E-state index contributed by atoms with van der Waals surface area (Å²) in [4.78, 5) is 66.3. The molecule has 0 aliphatic carbocycles. The summed E-state index contributed by atoms with van der Waals surface area (Å²) >= 11 is 0. The Bertz CT molecular complexity index is 1160. The van der Waals surface area contributed by atoms with E-state index in [1.54, 1.807) is 20.8 Å². The fraction of sp³-hybridized carbons (Fsp3) is 0.375. The normalized spacial score (nSPS) is 12.6. The molecule has 1 aliphatic rings. The minimum Gasteiger partial charge on any atom is -0.461 e. The molecule has 1 aromatic carbocycles. The molecular weight excluding hydrogens is 444 g/mol. The van der Waals surface area contributed by atoms with Crippen molar-refractivity contribution in [2.24, 2.45) is 0 Å². The van der Waals surface area contributed by atoms with Crippen LogP contribution in [-0.4, -0.2) is 72.9 Å². The molecule has 0 saturated heterocycles. The minimum absolute atomic E-state index is 0.0427. The van der Waals surface area contributed by atoms with Crippen LogP contribution in [0.1, 0.15) is 76.5 Å². The Hall–Kier alpha value is -3.79. The number of carbonyl (C=O) groups excluding carboxylic acids is 5. The van der Waals surface area contributed by atoms with E-state index in [2.05, 4.69) is 4.98 Å². The van der Waals surface area contributed by atoms with Crippen LogP contribution >= 0.6 is 0 Å². The van der Waals surface area contributed by atoms with Gasteiger partial charge in [0.1, 0.15) is 5.69 Å². The number of H-pyrrole nitrogens is 1. The maximum absolute atomic E-state index is 12.7. The quantitative estimate of drug-likeness (QED) is 0.242. The molecule has 0 bridgehead atoms. The summed E-state index contributed by atoms with van der Waals surface area (Å²) in [6, 6.07) is 4.07. The molecule has 3 rings (SSSR count). The molecule has 10 nitrogen and oxygen atoms in total. The number of rotatable bonds is 10. The summed E-state index contributed by atoms with van der Waals surface area (Å²) in [7, 11) is 1.53. The predicted octanol–water partition coefficient (Wildman–Crippen LogP) is 2.48. The SMILES string of the molecule is CCOC(=O)c1[nH]c(C)c(C(=O)COC(=O)c2ccc3c(c2)C(=O)N(CCCOC)C3=O)c1C. The molecule has 0 radical (unpaired) electrons. The third-order valence-electron chi connectivity index (χ3n) is 5.47. The number of carbonyl (C=O) groups is 5. The van der Waals surface area contributed by atoms with E-state index >= 15 is 0 Å². The highest BCUT2D eigenvalue weighted by atomic mass is 16.5. The molecule has 2 heterocycles. The van der Waals surface area contributed by atoms with Crippen molar-refractivity contribution in [1.29, 1.82) is 0 Å². The number of aromatic nitrogens is 1. The van der Waals surface area contributed by atoms with Gasteiger partial charge in [-0.25, -0.2) is 9.59 Å². The number of methoxy groups -OCH3 is 1. The zero-order valence-electron chi connectivity index (χ0n) is 19.5. The van der Waals surface area contributed by atoms with Crippen LogP contribution in [0.15, 0.2) is 18.2 Å². The van der Waals surface area contributed by atoms with Crippen LogP contribution in [0.25, 0.3) is 0 Å². The van der Waals surface area contributed by atoms with Gasteiger partial charge in [0.05, 0.1) is 23.3 Å². The van der Waals surface area contributed by atoms with Crippen molar-refractivity contribution in [3.05, 3.63) is 57.4 Å². The van der Waals surface area contributed by atoms with Crippen LogP contribution < -0.4 is 0 Å². The van der Waals surface area contributed by atoms with Gasteiger partial charge in [0.2, 0.25) is 5.78 Å². The monoisotopic (exact) mass is 470 g/mol. The number of esters is 2. The Balaban J connectivity index is 1.69. The van der Waals surface area contributed by atoms with Gasteiger partial charge in [-0.3, -0.25) is 19.3 Å². The lowest BCUT2D eigenvalue weighted by atomic mass is 10.1. The van der Waals surface area contributed by atoms with Crippen molar-refractivity contribution in [3.63, 3.8) is 0 Å². The topological polar surface area (TPSA) is 132 Å². The Kier molecular flexibility index (Phi) is 7.62. The molecule has 0 spiro atoms. The van der Waals surface area contributed by atoms with Crippen molar-refractivity contribution in [2.75, 3.05) is 33.5 Å². The molecule has 1 aliphatic heterocycles. The molecule has 2 amide bonds. The molecule has 0 saturated carbocycles. The van der Waals surface area contributed by atoms with E-state index in [1.807, 2.05) is 0 Å². The van der Waals surface area contributed by atoms with Gasteiger partial charge in [-0.05, 0) is 51.0 Å². The van der Waals surface area contributed by atoms with Crippen LogP contribution in [0.5, 0.6) is 0 Å². The first kappa shape index (κ1) is 24.8. The van der Waals surface area contributed by atoms with Crippen LogP contribution in [-0.2, 0) is 14.2 Å². The number of aryl methyl sites for hydroxylation is 1. The first-order valence-electron chi connectivity index (χ1n) is 10.8. The number of amides is 2. The molecule has 1 N–H and O–H groups in total. The highest BCUT2D eigenvalue weighted by Crippen LogP contribution is 2.25.